The van der Waals surface area contributed by atoms with Crippen molar-refractivity contribution in [3.8, 4) is 22.3 Å². The molecule has 1 aromatic carbocycles. The molecule has 4 rings (SSSR count). The first kappa shape index (κ1) is 15.6. The summed E-state index contributed by atoms with van der Waals surface area (Å²) >= 11 is 1.49. The van der Waals surface area contributed by atoms with Gasteiger partial charge in [-0.05, 0) is 30.5 Å². The Kier molecular flexibility index (Phi) is 4.10. The molecule has 8 heteroatoms. The van der Waals surface area contributed by atoms with Crippen LogP contribution in [0.4, 0.5) is 0 Å². The third kappa shape index (κ3) is 3.20. The Morgan fingerprint density at radius 2 is 2.08 bits per heavy atom. The van der Waals surface area contributed by atoms with E-state index in [0.29, 0.717) is 17.4 Å². The van der Waals surface area contributed by atoms with Crippen LogP contribution in [0.25, 0.3) is 10.8 Å². The van der Waals surface area contributed by atoms with Crippen LogP contribution in [0.15, 0.2) is 46.2 Å². The monoisotopic (exact) mass is 358 g/mol. The normalized spacial score (nSPS) is 17.1. The van der Waals surface area contributed by atoms with Crippen molar-refractivity contribution < 1.29 is 23.4 Å². The average Bonchev–Trinajstić information content (AvgIpc) is 3.32. The topological polar surface area (TPSA) is 83.7 Å². The summed E-state index contributed by atoms with van der Waals surface area (Å²) in [6, 6.07) is 10.9. The summed E-state index contributed by atoms with van der Waals surface area (Å²) in [6.07, 6.45) is -1.52. The van der Waals surface area contributed by atoms with Gasteiger partial charge in [-0.25, -0.2) is 4.79 Å². The van der Waals surface area contributed by atoms with Crippen molar-refractivity contribution in [3.63, 3.8) is 0 Å². The first-order chi connectivity index (χ1) is 12.2. The highest BCUT2D eigenvalue weighted by Crippen LogP contribution is 2.32. The fourth-order valence-electron chi connectivity index (χ4n) is 2.33. The zero-order chi connectivity index (χ0) is 17.2. The second-order valence-corrected chi connectivity index (χ2v) is 6.31. The molecule has 0 amide bonds. The number of aromatic nitrogens is 2. The highest BCUT2D eigenvalue weighted by molar-refractivity contribution is 7.13. The molecule has 2 aromatic heterocycles. The standard InChI is InChI=1S/C17H14N2O5S/c1-10(15-18-19-16(24-15)14-7-4-8-25-14)22-17(20)13-9-21-11-5-2-3-6-12(11)23-13/h2-8,10,13H,9H2,1H3/t10-,13-/m0/s1. The van der Waals surface area contributed by atoms with Crippen LogP contribution in [-0.4, -0.2) is 28.9 Å². The molecule has 3 heterocycles. The van der Waals surface area contributed by atoms with Crippen molar-refractivity contribution in [2.24, 2.45) is 0 Å². The van der Waals surface area contributed by atoms with Crippen LogP contribution in [0.5, 0.6) is 11.5 Å². The number of fused-ring (bicyclic) bond motifs is 1. The minimum absolute atomic E-state index is 0.0901. The Labute approximate surface area is 147 Å². The van der Waals surface area contributed by atoms with Crippen LogP contribution >= 0.6 is 11.3 Å². The highest BCUT2D eigenvalue weighted by Gasteiger charge is 2.31. The fraction of sp³-hybridized carbons (Fsp3) is 0.235. The molecule has 0 aliphatic carbocycles. The fourth-order valence-corrected chi connectivity index (χ4v) is 2.98. The molecule has 2 atom stereocenters. The van der Waals surface area contributed by atoms with Crippen molar-refractivity contribution in [1.82, 2.24) is 10.2 Å². The maximum absolute atomic E-state index is 12.3. The van der Waals surface area contributed by atoms with Crippen molar-refractivity contribution in [3.05, 3.63) is 47.7 Å². The molecule has 0 spiro atoms. The summed E-state index contributed by atoms with van der Waals surface area (Å²) in [5.74, 6) is 1.21. The molecule has 0 unspecified atom stereocenters. The summed E-state index contributed by atoms with van der Waals surface area (Å²) < 4.78 is 22.1. The smallest absolute Gasteiger partial charge is 0.351 e. The highest BCUT2D eigenvalue weighted by atomic mass is 32.1. The molecule has 0 fully saturated rings. The van der Waals surface area contributed by atoms with Crippen LogP contribution < -0.4 is 9.47 Å². The van der Waals surface area contributed by atoms with E-state index in [0.717, 1.165) is 4.88 Å². The number of thiophene rings is 1. The summed E-state index contributed by atoms with van der Waals surface area (Å²) in [7, 11) is 0. The predicted octanol–water partition coefficient (Wildman–Crippen LogP) is 3.24. The quantitative estimate of drug-likeness (QED) is 0.662. The lowest BCUT2D eigenvalue weighted by molar-refractivity contribution is -0.160. The van der Waals surface area contributed by atoms with Crippen molar-refractivity contribution in [2.45, 2.75) is 19.1 Å². The van der Waals surface area contributed by atoms with Crippen LogP contribution in [0.2, 0.25) is 0 Å². The lowest BCUT2D eigenvalue weighted by atomic mass is 10.2. The Bertz CT molecular complexity index is 877. The number of hydrogen-bond donors (Lipinski definition) is 0. The molecule has 0 saturated carbocycles. The predicted molar refractivity (Wildman–Crippen MR) is 88.5 cm³/mol. The number of esters is 1. The van der Waals surface area contributed by atoms with E-state index in [4.69, 9.17) is 18.6 Å². The molecular weight excluding hydrogens is 344 g/mol. The number of rotatable bonds is 4. The van der Waals surface area contributed by atoms with E-state index < -0.39 is 18.2 Å². The molecule has 128 valence electrons. The first-order valence-corrected chi connectivity index (χ1v) is 8.55. The van der Waals surface area contributed by atoms with Crippen molar-refractivity contribution in [2.75, 3.05) is 6.61 Å². The first-order valence-electron chi connectivity index (χ1n) is 7.67. The van der Waals surface area contributed by atoms with Gasteiger partial charge in [0.25, 0.3) is 11.8 Å². The Morgan fingerprint density at radius 1 is 1.24 bits per heavy atom. The maximum atomic E-state index is 12.3. The Morgan fingerprint density at radius 3 is 2.88 bits per heavy atom. The third-order valence-corrected chi connectivity index (χ3v) is 4.44. The van der Waals surface area contributed by atoms with E-state index >= 15 is 0 Å². The number of benzene rings is 1. The van der Waals surface area contributed by atoms with E-state index in [1.54, 1.807) is 19.1 Å². The van der Waals surface area contributed by atoms with Gasteiger partial charge in [-0.3, -0.25) is 0 Å². The maximum Gasteiger partial charge on any atom is 0.351 e. The molecule has 3 aromatic rings. The molecule has 0 N–H and O–H groups in total. The van der Waals surface area contributed by atoms with Crippen molar-refractivity contribution in [1.29, 1.82) is 0 Å². The van der Waals surface area contributed by atoms with Gasteiger partial charge in [0.15, 0.2) is 17.6 Å². The lowest BCUT2D eigenvalue weighted by Crippen LogP contribution is -2.38. The van der Waals surface area contributed by atoms with E-state index in [-0.39, 0.29) is 12.5 Å². The van der Waals surface area contributed by atoms with E-state index in [1.807, 2.05) is 29.6 Å². The SMILES string of the molecule is C[C@H](OC(=O)[C@@H]1COc2ccccc2O1)c1nnc(-c2cccs2)o1. The number of carbonyl (C=O) groups is 1. The summed E-state index contributed by atoms with van der Waals surface area (Å²) in [5, 5.41) is 9.84. The van der Waals surface area contributed by atoms with Gasteiger partial charge in [0, 0.05) is 0 Å². The lowest BCUT2D eigenvalue weighted by Gasteiger charge is -2.25. The van der Waals surface area contributed by atoms with Gasteiger partial charge in [0.1, 0.15) is 6.61 Å². The molecule has 1 aliphatic heterocycles. The number of para-hydroxylation sites is 2. The van der Waals surface area contributed by atoms with Crippen molar-refractivity contribution >= 4 is 17.3 Å². The van der Waals surface area contributed by atoms with Gasteiger partial charge < -0.3 is 18.6 Å². The summed E-state index contributed by atoms with van der Waals surface area (Å²) in [5.41, 5.74) is 0. The molecule has 0 saturated heterocycles. The van der Waals surface area contributed by atoms with Gasteiger partial charge in [-0.15, -0.1) is 21.5 Å². The largest absolute Gasteiger partial charge is 0.485 e. The third-order valence-electron chi connectivity index (χ3n) is 3.58. The number of ether oxygens (including phenoxy) is 3. The summed E-state index contributed by atoms with van der Waals surface area (Å²) in [6.45, 7) is 1.76. The second kappa shape index (κ2) is 6.56. The average molecular weight is 358 g/mol. The Hall–Kier alpha value is -2.87. The van der Waals surface area contributed by atoms with Crippen LogP contribution in [0, 0.1) is 0 Å². The number of hydrogen-bond acceptors (Lipinski definition) is 8. The molecular formula is C17H14N2O5S. The minimum Gasteiger partial charge on any atom is -0.485 e. The van der Waals surface area contributed by atoms with Gasteiger partial charge in [-0.2, -0.15) is 0 Å². The summed E-state index contributed by atoms with van der Waals surface area (Å²) in [4.78, 5) is 13.2. The van der Waals surface area contributed by atoms with Gasteiger partial charge in [0.05, 0.1) is 4.88 Å². The van der Waals surface area contributed by atoms with Crippen LogP contribution in [0.3, 0.4) is 0 Å². The molecule has 7 nitrogen and oxygen atoms in total. The van der Waals surface area contributed by atoms with Crippen LogP contribution in [0.1, 0.15) is 18.9 Å². The molecule has 0 radical (unpaired) electrons. The molecule has 0 bridgehead atoms. The van der Waals surface area contributed by atoms with E-state index in [9.17, 15) is 4.79 Å². The zero-order valence-corrected chi connectivity index (χ0v) is 14.1. The molecule has 25 heavy (non-hydrogen) atoms. The second-order valence-electron chi connectivity index (χ2n) is 5.37. The van der Waals surface area contributed by atoms with Gasteiger partial charge in [0.2, 0.25) is 6.10 Å². The Balaban J connectivity index is 1.41. The van der Waals surface area contributed by atoms with Gasteiger partial charge in [-0.1, -0.05) is 18.2 Å². The van der Waals surface area contributed by atoms with E-state index in [2.05, 4.69) is 10.2 Å². The molecule has 1 aliphatic rings. The van der Waals surface area contributed by atoms with E-state index in [1.165, 1.54) is 11.3 Å². The number of carbonyl (C=O) groups excluding carboxylic acids is 1. The minimum atomic E-state index is -0.836. The van der Waals surface area contributed by atoms with Gasteiger partial charge >= 0.3 is 5.97 Å². The number of nitrogens with zero attached hydrogens (tertiary/aromatic N) is 2. The zero-order valence-electron chi connectivity index (χ0n) is 13.2. The van der Waals surface area contributed by atoms with Crippen LogP contribution in [-0.2, 0) is 9.53 Å².